The Bertz CT molecular complexity index is 1410. The Morgan fingerprint density at radius 3 is 1.14 bits per heavy atom. The van der Waals surface area contributed by atoms with Crippen LogP contribution in [0.3, 0.4) is 0 Å². The van der Waals surface area contributed by atoms with Gasteiger partial charge in [-0.3, -0.25) is 18.6 Å². The number of nitrogens with zero attached hydrogens (tertiary/aromatic N) is 1. The largest absolute Gasteiger partial charge is 0.472 e. The van der Waals surface area contributed by atoms with Crippen LogP contribution in [0.2, 0.25) is 0 Å². The average Bonchev–Trinajstić information content (AvgIpc) is 3.39. The number of unbranched alkanes of at least 4 members (excludes halogenated alkanes) is 41. The SMILES string of the molecule is CCCC/C=C\CCCCCCCC(=O)OC(/C=C/CCCCCCCCCCCCC)C(COP(=O)(O)OCC[N+](C)(C)C)NC(=O)CCCCCCCCCCCCCCCCCCC/C=C/CCCCCCCC. The molecule has 77 heavy (non-hydrogen) atoms. The molecule has 454 valence electrons. The van der Waals surface area contributed by atoms with Crippen LogP contribution in [0.1, 0.15) is 329 Å². The molecule has 0 aromatic carbocycles. The number of ether oxygens (including phenoxy) is 1. The number of rotatable bonds is 61. The van der Waals surface area contributed by atoms with Crippen molar-refractivity contribution in [1.82, 2.24) is 5.32 Å². The molecule has 0 aliphatic rings. The summed E-state index contributed by atoms with van der Waals surface area (Å²) in [5.74, 6) is -0.502. The molecule has 0 saturated carbocycles. The number of carbonyl (C=O) groups is 2. The maximum atomic E-state index is 13.6. The van der Waals surface area contributed by atoms with Crippen molar-refractivity contribution in [2.24, 2.45) is 0 Å². The highest BCUT2D eigenvalue weighted by Crippen LogP contribution is 2.43. The molecule has 0 heterocycles. The average molecular weight is 1110 g/mol. The van der Waals surface area contributed by atoms with Gasteiger partial charge in [0.25, 0.3) is 0 Å². The molecule has 0 bridgehead atoms. The van der Waals surface area contributed by atoms with E-state index in [-0.39, 0.29) is 31.5 Å². The highest BCUT2D eigenvalue weighted by atomic mass is 31.2. The Balaban J connectivity index is 4.96. The van der Waals surface area contributed by atoms with Gasteiger partial charge in [0.15, 0.2) is 0 Å². The molecule has 0 rings (SSSR count). The van der Waals surface area contributed by atoms with Crippen LogP contribution in [-0.4, -0.2) is 74.3 Å². The Morgan fingerprint density at radius 1 is 0.442 bits per heavy atom. The molecule has 2 N–H and O–H groups in total. The number of phosphoric ester groups is 1. The van der Waals surface area contributed by atoms with Crippen LogP contribution in [0, 0.1) is 0 Å². The summed E-state index contributed by atoms with van der Waals surface area (Å²) in [5.41, 5.74) is 0. The van der Waals surface area contributed by atoms with E-state index in [0.717, 1.165) is 83.5 Å². The molecule has 0 spiro atoms. The van der Waals surface area contributed by atoms with Crippen molar-refractivity contribution in [3.05, 3.63) is 36.5 Å². The van der Waals surface area contributed by atoms with Gasteiger partial charge in [-0.2, -0.15) is 0 Å². The first-order valence-corrected chi connectivity index (χ1v) is 34.8. The summed E-state index contributed by atoms with van der Waals surface area (Å²) in [6.45, 7) is 7.00. The summed E-state index contributed by atoms with van der Waals surface area (Å²) in [4.78, 5) is 37.7. The lowest BCUT2D eigenvalue weighted by molar-refractivity contribution is -0.870. The highest BCUT2D eigenvalue weighted by Gasteiger charge is 2.30. The van der Waals surface area contributed by atoms with E-state index in [2.05, 4.69) is 50.4 Å². The van der Waals surface area contributed by atoms with E-state index in [1.165, 1.54) is 212 Å². The van der Waals surface area contributed by atoms with Crippen LogP contribution in [0.4, 0.5) is 0 Å². The number of carbonyl (C=O) groups excluding carboxylic acids is 2. The summed E-state index contributed by atoms with van der Waals surface area (Å²) in [5, 5.41) is 3.06. The van der Waals surface area contributed by atoms with Gasteiger partial charge in [-0.15, -0.1) is 0 Å². The maximum Gasteiger partial charge on any atom is 0.472 e. The summed E-state index contributed by atoms with van der Waals surface area (Å²) < 4.78 is 30.7. The van der Waals surface area contributed by atoms with Crippen LogP contribution >= 0.6 is 7.82 Å². The summed E-state index contributed by atoms with van der Waals surface area (Å²) in [6.07, 6.45) is 70.2. The molecule has 0 aromatic heterocycles. The Morgan fingerprint density at radius 2 is 0.766 bits per heavy atom. The topological polar surface area (TPSA) is 111 Å². The molecule has 3 atom stereocenters. The third kappa shape index (κ3) is 58.7. The first-order chi connectivity index (χ1) is 37.4. The van der Waals surface area contributed by atoms with Crippen molar-refractivity contribution in [3.8, 4) is 0 Å². The van der Waals surface area contributed by atoms with E-state index in [1.54, 1.807) is 0 Å². The molecule has 0 saturated heterocycles. The van der Waals surface area contributed by atoms with E-state index >= 15 is 0 Å². The predicted octanol–water partition coefficient (Wildman–Crippen LogP) is 20.7. The molecular formula is C67H130N2O7P+. The minimum atomic E-state index is -4.45. The van der Waals surface area contributed by atoms with Crippen LogP contribution in [0.25, 0.3) is 0 Å². The van der Waals surface area contributed by atoms with Gasteiger partial charge in [0.05, 0.1) is 33.8 Å². The molecule has 0 aromatic rings. The summed E-state index contributed by atoms with van der Waals surface area (Å²) in [6, 6.07) is -0.847. The second kappa shape index (κ2) is 57.5. The Hall–Kier alpha value is -1.77. The van der Waals surface area contributed by atoms with Crippen molar-refractivity contribution >= 4 is 19.7 Å². The smallest absolute Gasteiger partial charge is 0.456 e. The molecule has 0 aliphatic carbocycles. The van der Waals surface area contributed by atoms with Crippen LogP contribution < -0.4 is 5.32 Å². The number of likely N-dealkylation sites (N-methyl/N-ethyl adjacent to an activating group) is 1. The first-order valence-electron chi connectivity index (χ1n) is 33.3. The predicted molar refractivity (Wildman–Crippen MR) is 332 cm³/mol. The van der Waals surface area contributed by atoms with Gasteiger partial charge in [-0.25, -0.2) is 4.57 Å². The van der Waals surface area contributed by atoms with Crippen molar-refractivity contribution in [3.63, 3.8) is 0 Å². The minimum absolute atomic E-state index is 0.0413. The molecule has 9 nitrogen and oxygen atoms in total. The van der Waals surface area contributed by atoms with Gasteiger partial charge in [-0.05, 0) is 76.7 Å². The molecule has 0 fully saturated rings. The first kappa shape index (κ1) is 75.2. The number of phosphoric acid groups is 1. The minimum Gasteiger partial charge on any atom is -0.456 e. The quantitative estimate of drug-likeness (QED) is 0.0205. The molecule has 3 unspecified atom stereocenters. The maximum absolute atomic E-state index is 13.6. The van der Waals surface area contributed by atoms with E-state index < -0.39 is 20.0 Å². The number of allylic oxidation sites excluding steroid dienone is 5. The van der Waals surface area contributed by atoms with Crippen molar-refractivity contribution < 1.29 is 37.3 Å². The number of nitrogens with one attached hydrogen (secondary N) is 1. The highest BCUT2D eigenvalue weighted by molar-refractivity contribution is 7.47. The number of hydrogen-bond acceptors (Lipinski definition) is 6. The van der Waals surface area contributed by atoms with E-state index in [9.17, 15) is 19.0 Å². The van der Waals surface area contributed by atoms with E-state index in [1.807, 2.05) is 33.3 Å². The Kier molecular flexibility index (Phi) is 56.1. The molecule has 0 aliphatic heterocycles. The van der Waals surface area contributed by atoms with E-state index in [0.29, 0.717) is 17.4 Å². The third-order valence-corrected chi connectivity index (χ3v) is 16.0. The van der Waals surface area contributed by atoms with Crippen molar-refractivity contribution in [2.45, 2.75) is 341 Å². The van der Waals surface area contributed by atoms with E-state index in [4.69, 9.17) is 13.8 Å². The van der Waals surface area contributed by atoms with Gasteiger partial charge >= 0.3 is 13.8 Å². The fraction of sp³-hybridized carbons (Fsp3) is 0.881. The zero-order chi connectivity index (χ0) is 56.4. The fourth-order valence-corrected chi connectivity index (χ4v) is 10.6. The number of hydrogen-bond donors (Lipinski definition) is 2. The van der Waals surface area contributed by atoms with Gasteiger partial charge in [0, 0.05) is 12.8 Å². The number of amides is 1. The summed E-state index contributed by atoms with van der Waals surface area (Å²) >= 11 is 0. The normalized spacial score (nSPS) is 13.8. The lowest BCUT2D eigenvalue weighted by Gasteiger charge is -2.27. The zero-order valence-electron chi connectivity index (χ0n) is 52.0. The summed E-state index contributed by atoms with van der Waals surface area (Å²) in [7, 11) is 1.50. The molecule has 10 heteroatoms. The van der Waals surface area contributed by atoms with Gasteiger partial charge < -0.3 is 19.4 Å². The monoisotopic (exact) mass is 1110 g/mol. The third-order valence-electron chi connectivity index (χ3n) is 15.1. The van der Waals surface area contributed by atoms with Crippen molar-refractivity contribution in [1.29, 1.82) is 0 Å². The van der Waals surface area contributed by atoms with Crippen molar-refractivity contribution in [2.75, 3.05) is 40.9 Å². The van der Waals surface area contributed by atoms with Gasteiger partial charge in [0.2, 0.25) is 5.91 Å². The van der Waals surface area contributed by atoms with Crippen LogP contribution in [0.15, 0.2) is 36.5 Å². The lowest BCUT2D eigenvalue weighted by atomic mass is 10.0. The van der Waals surface area contributed by atoms with Crippen LogP contribution in [-0.2, 0) is 27.9 Å². The standard InChI is InChI=1S/C67H129N2O7P/c1-7-10-13-16-19-22-25-27-28-29-30-31-32-33-34-35-36-37-38-39-40-42-45-47-50-53-56-59-66(70)68-64(63-75-77(72,73)74-62-61-69(4,5)6)65(58-55-52-49-46-44-41-26-23-20-17-14-11-8-2)76-67(71)60-57-54-51-48-43-24-21-18-15-12-9-3/h18,21,27-28,55,58,64-65H,7-17,19-20,22-26,29-54,56-57,59-63H2,1-6H3,(H-,68,70,72,73)/p+1/b21-18-,28-27+,58-55+. The number of esters is 1. The second-order valence-corrected chi connectivity index (χ2v) is 25.4. The fourth-order valence-electron chi connectivity index (χ4n) is 9.86. The van der Waals surface area contributed by atoms with Gasteiger partial charge in [0.1, 0.15) is 19.3 Å². The van der Waals surface area contributed by atoms with Gasteiger partial charge in [-0.1, -0.05) is 276 Å². The zero-order valence-corrected chi connectivity index (χ0v) is 52.9. The Labute approximate surface area is 478 Å². The molecule has 1 amide bonds. The molecular weight excluding hydrogens is 976 g/mol. The lowest BCUT2D eigenvalue weighted by Crippen LogP contribution is -2.47. The van der Waals surface area contributed by atoms with Crippen LogP contribution in [0.5, 0.6) is 0 Å². The second-order valence-electron chi connectivity index (χ2n) is 24.0. The molecule has 0 radical (unpaired) electrons. The number of quaternary nitrogens is 1.